The van der Waals surface area contributed by atoms with Gasteiger partial charge in [0.25, 0.3) is 0 Å². The molecule has 47 heavy (non-hydrogen) atoms. The van der Waals surface area contributed by atoms with Crippen molar-refractivity contribution in [3.8, 4) is 10.4 Å². The lowest BCUT2D eigenvalue weighted by atomic mass is 9.85. The van der Waals surface area contributed by atoms with E-state index in [9.17, 15) is 24.3 Å². The molecule has 1 aromatic heterocycles. The highest BCUT2D eigenvalue weighted by Gasteiger charge is 2.45. The van der Waals surface area contributed by atoms with E-state index in [0.717, 1.165) is 27.3 Å². The van der Waals surface area contributed by atoms with Crippen LogP contribution in [0.25, 0.3) is 10.4 Å². The molecule has 0 aliphatic carbocycles. The lowest BCUT2D eigenvalue weighted by Gasteiger charge is -2.36. The molecule has 1 aliphatic rings. The topological polar surface area (TPSA) is 141 Å². The number of amides is 4. The number of aliphatic hydroxyl groups excluding tert-OH is 1. The minimum atomic E-state index is -1.02. The van der Waals surface area contributed by atoms with Crippen molar-refractivity contribution >= 4 is 35.0 Å². The molecule has 2 aromatic carbocycles. The lowest BCUT2D eigenvalue weighted by Crippen LogP contribution is -2.60. The molecule has 1 fully saturated rings. The van der Waals surface area contributed by atoms with E-state index in [1.807, 2.05) is 102 Å². The zero-order valence-corrected chi connectivity index (χ0v) is 28.9. The third-order valence-electron chi connectivity index (χ3n) is 8.22. The van der Waals surface area contributed by atoms with Crippen LogP contribution in [0.5, 0.6) is 0 Å². The predicted octanol–water partition coefficient (Wildman–Crippen LogP) is 4.00. The smallest absolute Gasteiger partial charge is 0.246 e. The van der Waals surface area contributed by atoms with Crippen LogP contribution in [0.2, 0.25) is 0 Å². The molecule has 4 atom stereocenters. The first kappa shape index (κ1) is 35.8. The molecular formula is C36H47N5O5S. The van der Waals surface area contributed by atoms with Gasteiger partial charge in [0.2, 0.25) is 23.6 Å². The van der Waals surface area contributed by atoms with Gasteiger partial charge in [-0.15, -0.1) is 11.3 Å². The Labute approximate surface area is 281 Å². The van der Waals surface area contributed by atoms with Crippen LogP contribution < -0.4 is 16.0 Å². The van der Waals surface area contributed by atoms with Crippen LogP contribution in [-0.4, -0.2) is 69.4 Å². The van der Waals surface area contributed by atoms with Crippen LogP contribution >= 0.6 is 11.3 Å². The summed E-state index contributed by atoms with van der Waals surface area (Å²) in [6.45, 7) is 11.5. The SMILES string of the molecule is Cc1ncsc1-c1ccc(CNC(=O)[C@@H]2C[C@@H](O)CN2C(=O)C(NC(=O)[C@H](Cc2ccccc2)NC(=O)CC(C)C)C(C)(C)C)cc1. The van der Waals surface area contributed by atoms with Crippen LogP contribution in [0, 0.1) is 18.3 Å². The average Bonchev–Trinajstić information content (AvgIpc) is 3.63. The first-order chi connectivity index (χ1) is 22.2. The van der Waals surface area contributed by atoms with E-state index in [0.29, 0.717) is 0 Å². The van der Waals surface area contributed by atoms with Crippen molar-refractivity contribution in [1.29, 1.82) is 0 Å². The van der Waals surface area contributed by atoms with Gasteiger partial charge in [0.05, 0.1) is 22.2 Å². The number of carbonyl (C=O) groups is 4. The maximum atomic E-state index is 14.1. The van der Waals surface area contributed by atoms with Gasteiger partial charge in [-0.2, -0.15) is 0 Å². The monoisotopic (exact) mass is 661 g/mol. The van der Waals surface area contributed by atoms with Crippen LogP contribution in [-0.2, 0) is 32.1 Å². The van der Waals surface area contributed by atoms with Crippen LogP contribution in [0.15, 0.2) is 60.1 Å². The van der Waals surface area contributed by atoms with E-state index in [1.54, 1.807) is 11.3 Å². The summed E-state index contributed by atoms with van der Waals surface area (Å²) in [5.41, 5.74) is 4.85. The number of nitrogens with one attached hydrogen (secondary N) is 3. The number of hydrogen-bond acceptors (Lipinski definition) is 7. The van der Waals surface area contributed by atoms with Gasteiger partial charge in [-0.3, -0.25) is 19.2 Å². The van der Waals surface area contributed by atoms with Crippen LogP contribution in [0.1, 0.15) is 64.3 Å². The Morgan fingerprint density at radius 2 is 1.68 bits per heavy atom. The molecule has 0 saturated carbocycles. The van der Waals surface area contributed by atoms with E-state index in [1.165, 1.54) is 4.90 Å². The molecule has 1 saturated heterocycles. The van der Waals surface area contributed by atoms with Gasteiger partial charge in [-0.1, -0.05) is 89.2 Å². The molecule has 0 bridgehead atoms. The Bertz CT molecular complexity index is 1530. The average molecular weight is 662 g/mol. The summed E-state index contributed by atoms with van der Waals surface area (Å²) in [7, 11) is 0. The summed E-state index contributed by atoms with van der Waals surface area (Å²) in [4.78, 5) is 60.8. The van der Waals surface area contributed by atoms with E-state index in [2.05, 4.69) is 20.9 Å². The molecule has 0 radical (unpaired) electrons. The van der Waals surface area contributed by atoms with Crippen molar-refractivity contribution in [2.24, 2.45) is 11.3 Å². The number of benzene rings is 2. The molecule has 4 amide bonds. The fourth-order valence-corrected chi connectivity index (χ4v) is 6.52. The second-order valence-electron chi connectivity index (χ2n) is 13.8. The molecule has 1 unspecified atom stereocenters. The maximum Gasteiger partial charge on any atom is 0.246 e. The zero-order valence-electron chi connectivity index (χ0n) is 28.1. The van der Waals surface area contributed by atoms with Gasteiger partial charge < -0.3 is 26.0 Å². The molecule has 2 heterocycles. The lowest BCUT2D eigenvalue weighted by molar-refractivity contribution is -0.144. The number of rotatable bonds is 12. The number of carbonyl (C=O) groups excluding carboxylic acids is 4. The van der Waals surface area contributed by atoms with Crippen LogP contribution in [0.4, 0.5) is 0 Å². The number of aliphatic hydroxyl groups is 1. The standard InChI is InChI=1S/C36H47N5O5S/c1-22(2)16-30(43)39-28(17-24-10-8-7-9-11-24)33(44)40-32(36(4,5)6)35(46)41-20-27(42)18-29(41)34(45)37-19-25-12-14-26(15-13-25)31-23(3)38-21-47-31/h7-15,21-22,27-29,32,42H,16-20H2,1-6H3,(H,37,45)(H,39,43)(H,40,44)/t27-,28+,29+,32?/m1/s1. The summed E-state index contributed by atoms with van der Waals surface area (Å²) in [5.74, 6) is -1.46. The summed E-state index contributed by atoms with van der Waals surface area (Å²) in [6, 6.07) is 14.4. The van der Waals surface area contributed by atoms with Gasteiger partial charge in [-0.05, 0) is 34.9 Å². The first-order valence-electron chi connectivity index (χ1n) is 16.1. The van der Waals surface area contributed by atoms with Gasteiger partial charge in [-0.25, -0.2) is 4.98 Å². The highest BCUT2D eigenvalue weighted by molar-refractivity contribution is 7.13. The van der Waals surface area contributed by atoms with Gasteiger partial charge in [0, 0.05) is 32.4 Å². The van der Waals surface area contributed by atoms with Crippen molar-refractivity contribution in [1.82, 2.24) is 25.8 Å². The quantitative estimate of drug-likeness (QED) is 0.231. The molecule has 3 aromatic rings. The number of nitrogens with zero attached hydrogens (tertiary/aromatic N) is 2. The number of hydrogen-bond donors (Lipinski definition) is 4. The summed E-state index contributed by atoms with van der Waals surface area (Å²) in [6.07, 6.45) is -0.277. The largest absolute Gasteiger partial charge is 0.391 e. The number of thiazole rings is 1. The number of β-amino-alcohol motifs (C(OH)–C–C–N with tert-alkyl or cyclic N) is 1. The van der Waals surface area contributed by atoms with Crippen molar-refractivity contribution in [3.63, 3.8) is 0 Å². The minimum absolute atomic E-state index is 0.0269. The Hall–Kier alpha value is -4.09. The van der Waals surface area contributed by atoms with Crippen molar-refractivity contribution < 1.29 is 24.3 Å². The Kier molecular flexibility index (Phi) is 11.9. The molecule has 252 valence electrons. The van der Waals surface area contributed by atoms with E-state index < -0.39 is 41.5 Å². The fraction of sp³-hybridized carbons (Fsp3) is 0.472. The summed E-state index contributed by atoms with van der Waals surface area (Å²) < 4.78 is 0. The molecule has 0 spiro atoms. The third-order valence-corrected chi connectivity index (χ3v) is 9.20. The Balaban J connectivity index is 1.46. The number of aromatic nitrogens is 1. The van der Waals surface area contributed by atoms with Crippen molar-refractivity contribution in [3.05, 3.63) is 76.9 Å². The minimum Gasteiger partial charge on any atom is -0.391 e. The summed E-state index contributed by atoms with van der Waals surface area (Å²) in [5, 5.41) is 19.3. The maximum absolute atomic E-state index is 14.1. The van der Waals surface area contributed by atoms with Gasteiger partial charge in [0.15, 0.2) is 0 Å². The Morgan fingerprint density at radius 1 is 1.00 bits per heavy atom. The normalized spacial score (nSPS) is 17.7. The molecule has 10 nitrogen and oxygen atoms in total. The molecule has 4 N–H and O–H groups in total. The number of likely N-dealkylation sites (tertiary alicyclic amines) is 1. The highest BCUT2D eigenvalue weighted by atomic mass is 32.1. The second-order valence-corrected chi connectivity index (χ2v) is 14.6. The second kappa shape index (κ2) is 15.7. The van der Waals surface area contributed by atoms with Crippen LogP contribution in [0.3, 0.4) is 0 Å². The molecule has 1 aliphatic heterocycles. The molecule has 11 heteroatoms. The van der Waals surface area contributed by atoms with Gasteiger partial charge in [0.1, 0.15) is 18.1 Å². The summed E-state index contributed by atoms with van der Waals surface area (Å²) >= 11 is 1.57. The molecule has 4 rings (SSSR count). The van der Waals surface area contributed by atoms with E-state index >= 15 is 0 Å². The predicted molar refractivity (Wildman–Crippen MR) is 183 cm³/mol. The third kappa shape index (κ3) is 9.71. The van der Waals surface area contributed by atoms with Gasteiger partial charge >= 0.3 is 0 Å². The van der Waals surface area contributed by atoms with E-state index in [4.69, 9.17) is 0 Å². The zero-order chi connectivity index (χ0) is 34.3. The Morgan fingerprint density at radius 3 is 2.28 bits per heavy atom. The highest BCUT2D eigenvalue weighted by Crippen LogP contribution is 2.28. The fourth-order valence-electron chi connectivity index (χ4n) is 5.71. The first-order valence-corrected chi connectivity index (χ1v) is 17.0. The molecular weight excluding hydrogens is 614 g/mol. The van der Waals surface area contributed by atoms with Crippen molar-refractivity contribution in [2.75, 3.05) is 6.54 Å². The van der Waals surface area contributed by atoms with Crippen molar-refractivity contribution in [2.45, 2.75) is 91.6 Å². The van der Waals surface area contributed by atoms with E-state index in [-0.39, 0.29) is 50.1 Å². The number of aryl methyl sites for hydroxylation is 1.